The standard InChI is InChI=1S/C13H16Cl2FNO2/c1-8(17-5-3-4-13(18)19-2)9-6-12(16)11(15)7-10(9)14/h6-8,17H,3-5H2,1-2H3. The average Bonchev–Trinajstić information content (AvgIpc) is 2.38. The van der Waals surface area contributed by atoms with Crippen molar-refractivity contribution in [1.82, 2.24) is 5.32 Å². The summed E-state index contributed by atoms with van der Waals surface area (Å²) in [5, 5.41) is 3.59. The number of carbonyl (C=O) groups excluding carboxylic acids is 1. The molecule has 1 aromatic rings. The molecule has 0 aliphatic heterocycles. The molecule has 1 atom stereocenters. The van der Waals surface area contributed by atoms with Crippen LogP contribution < -0.4 is 5.32 Å². The van der Waals surface area contributed by atoms with E-state index in [-0.39, 0.29) is 17.0 Å². The fraction of sp³-hybridized carbons (Fsp3) is 0.462. The number of nitrogens with one attached hydrogen (secondary N) is 1. The number of halogens is 3. The normalized spacial score (nSPS) is 12.3. The lowest BCUT2D eigenvalue weighted by Gasteiger charge is -2.16. The first kappa shape index (κ1) is 16.2. The largest absolute Gasteiger partial charge is 0.469 e. The first-order valence-electron chi connectivity index (χ1n) is 5.90. The second-order valence-corrected chi connectivity index (χ2v) is 4.96. The van der Waals surface area contributed by atoms with E-state index in [2.05, 4.69) is 10.1 Å². The number of hydrogen-bond acceptors (Lipinski definition) is 3. The second-order valence-electron chi connectivity index (χ2n) is 4.14. The Balaban J connectivity index is 2.52. The lowest BCUT2D eigenvalue weighted by molar-refractivity contribution is -0.140. The molecule has 0 aromatic heterocycles. The van der Waals surface area contributed by atoms with Crippen LogP contribution in [0.5, 0.6) is 0 Å². The third kappa shape index (κ3) is 4.97. The Morgan fingerprint density at radius 3 is 2.74 bits per heavy atom. The molecule has 1 N–H and O–H groups in total. The number of benzene rings is 1. The molecule has 0 amide bonds. The van der Waals surface area contributed by atoms with Gasteiger partial charge in [-0.25, -0.2) is 4.39 Å². The number of carbonyl (C=O) groups is 1. The lowest BCUT2D eigenvalue weighted by Crippen LogP contribution is -2.21. The molecule has 0 saturated heterocycles. The van der Waals surface area contributed by atoms with E-state index in [9.17, 15) is 9.18 Å². The number of rotatable bonds is 6. The fourth-order valence-electron chi connectivity index (χ4n) is 1.63. The second kappa shape index (κ2) is 7.68. The predicted octanol–water partition coefficient (Wildman–Crippen LogP) is 3.74. The van der Waals surface area contributed by atoms with Crippen LogP contribution in [0.4, 0.5) is 4.39 Å². The van der Waals surface area contributed by atoms with Crippen molar-refractivity contribution < 1.29 is 13.9 Å². The fourth-order valence-corrected chi connectivity index (χ4v) is 2.18. The first-order valence-corrected chi connectivity index (χ1v) is 6.66. The molecule has 0 fully saturated rings. The maximum Gasteiger partial charge on any atom is 0.305 e. The highest BCUT2D eigenvalue weighted by Gasteiger charge is 2.13. The van der Waals surface area contributed by atoms with E-state index in [0.717, 1.165) is 0 Å². The van der Waals surface area contributed by atoms with Gasteiger partial charge in [-0.2, -0.15) is 0 Å². The molecule has 3 nitrogen and oxygen atoms in total. The minimum Gasteiger partial charge on any atom is -0.469 e. The molecule has 19 heavy (non-hydrogen) atoms. The Morgan fingerprint density at radius 1 is 1.42 bits per heavy atom. The van der Waals surface area contributed by atoms with Gasteiger partial charge in [-0.3, -0.25) is 4.79 Å². The van der Waals surface area contributed by atoms with Gasteiger partial charge in [-0.1, -0.05) is 23.2 Å². The predicted molar refractivity (Wildman–Crippen MR) is 74.1 cm³/mol. The third-order valence-corrected chi connectivity index (χ3v) is 3.36. The van der Waals surface area contributed by atoms with Crippen LogP contribution in [0.1, 0.15) is 31.4 Å². The zero-order chi connectivity index (χ0) is 14.4. The Hall–Kier alpha value is -0.840. The molecule has 0 aliphatic carbocycles. The summed E-state index contributed by atoms with van der Waals surface area (Å²) in [6, 6.07) is 2.58. The smallest absolute Gasteiger partial charge is 0.305 e. The molecular weight excluding hydrogens is 292 g/mol. The van der Waals surface area contributed by atoms with Crippen molar-refractivity contribution in [2.24, 2.45) is 0 Å². The Labute approximate surface area is 122 Å². The van der Waals surface area contributed by atoms with Gasteiger partial charge in [0.2, 0.25) is 0 Å². The van der Waals surface area contributed by atoms with E-state index in [1.165, 1.54) is 19.2 Å². The van der Waals surface area contributed by atoms with Crippen molar-refractivity contribution in [2.75, 3.05) is 13.7 Å². The molecular formula is C13H16Cl2FNO2. The molecule has 0 bridgehead atoms. The molecule has 0 spiro atoms. The van der Waals surface area contributed by atoms with Gasteiger partial charge in [-0.05, 0) is 37.6 Å². The summed E-state index contributed by atoms with van der Waals surface area (Å²) in [5.41, 5.74) is 0.640. The van der Waals surface area contributed by atoms with Gasteiger partial charge in [0.15, 0.2) is 0 Å². The van der Waals surface area contributed by atoms with Crippen molar-refractivity contribution in [3.63, 3.8) is 0 Å². The maximum atomic E-state index is 13.4. The van der Waals surface area contributed by atoms with Crippen LogP contribution in [0.3, 0.4) is 0 Å². The zero-order valence-electron chi connectivity index (χ0n) is 10.8. The van der Waals surface area contributed by atoms with Crippen molar-refractivity contribution in [3.05, 3.63) is 33.6 Å². The minimum absolute atomic E-state index is 0.00615. The SMILES string of the molecule is COC(=O)CCCNC(C)c1cc(F)c(Cl)cc1Cl. The topological polar surface area (TPSA) is 38.3 Å². The quantitative estimate of drug-likeness (QED) is 0.494. The molecule has 0 aliphatic rings. The molecule has 0 radical (unpaired) electrons. The van der Waals surface area contributed by atoms with Crippen LogP contribution in [0.2, 0.25) is 10.0 Å². The summed E-state index contributed by atoms with van der Waals surface area (Å²) in [6.07, 6.45) is 0.990. The Morgan fingerprint density at radius 2 is 2.11 bits per heavy atom. The number of ether oxygens (including phenoxy) is 1. The van der Waals surface area contributed by atoms with Crippen molar-refractivity contribution in [3.8, 4) is 0 Å². The highest BCUT2D eigenvalue weighted by atomic mass is 35.5. The molecule has 0 saturated carbocycles. The Bertz CT molecular complexity index is 455. The molecule has 1 aromatic carbocycles. The van der Waals surface area contributed by atoms with Crippen molar-refractivity contribution in [1.29, 1.82) is 0 Å². The van der Waals surface area contributed by atoms with E-state index >= 15 is 0 Å². The van der Waals surface area contributed by atoms with Gasteiger partial charge in [-0.15, -0.1) is 0 Å². The minimum atomic E-state index is -0.496. The van der Waals surface area contributed by atoms with Crippen molar-refractivity contribution in [2.45, 2.75) is 25.8 Å². The van der Waals surface area contributed by atoms with E-state index in [4.69, 9.17) is 23.2 Å². The first-order chi connectivity index (χ1) is 8.95. The van der Waals surface area contributed by atoms with E-state index in [0.29, 0.717) is 30.0 Å². The van der Waals surface area contributed by atoms with Crippen LogP contribution in [0.25, 0.3) is 0 Å². The zero-order valence-corrected chi connectivity index (χ0v) is 12.3. The summed E-state index contributed by atoms with van der Waals surface area (Å²) in [4.78, 5) is 10.9. The van der Waals surface area contributed by atoms with Gasteiger partial charge < -0.3 is 10.1 Å². The molecule has 106 valence electrons. The summed E-state index contributed by atoms with van der Waals surface area (Å²) >= 11 is 11.7. The number of esters is 1. The third-order valence-electron chi connectivity index (χ3n) is 2.74. The van der Waals surface area contributed by atoms with Crippen LogP contribution in [-0.4, -0.2) is 19.6 Å². The van der Waals surface area contributed by atoms with Crippen LogP contribution in [-0.2, 0) is 9.53 Å². The van der Waals surface area contributed by atoms with Crippen LogP contribution in [0.15, 0.2) is 12.1 Å². The summed E-state index contributed by atoms with van der Waals surface area (Å²) in [7, 11) is 1.36. The average molecular weight is 308 g/mol. The molecule has 0 heterocycles. The molecule has 1 unspecified atom stereocenters. The highest BCUT2D eigenvalue weighted by Crippen LogP contribution is 2.28. The van der Waals surface area contributed by atoms with Crippen LogP contribution in [0, 0.1) is 5.82 Å². The van der Waals surface area contributed by atoms with Crippen molar-refractivity contribution >= 4 is 29.2 Å². The Kier molecular flexibility index (Phi) is 6.55. The highest BCUT2D eigenvalue weighted by molar-refractivity contribution is 6.35. The van der Waals surface area contributed by atoms with Gasteiger partial charge in [0.25, 0.3) is 0 Å². The monoisotopic (exact) mass is 307 g/mol. The summed E-state index contributed by atoms with van der Waals surface area (Å²) < 4.78 is 17.9. The van der Waals surface area contributed by atoms with Gasteiger partial charge in [0.05, 0.1) is 12.1 Å². The maximum absolute atomic E-state index is 13.4. The van der Waals surface area contributed by atoms with E-state index in [1.807, 2.05) is 6.92 Å². The summed E-state index contributed by atoms with van der Waals surface area (Å²) in [6.45, 7) is 2.48. The number of methoxy groups -OCH3 is 1. The van der Waals surface area contributed by atoms with Gasteiger partial charge in [0.1, 0.15) is 5.82 Å². The van der Waals surface area contributed by atoms with E-state index < -0.39 is 5.82 Å². The van der Waals surface area contributed by atoms with Gasteiger partial charge >= 0.3 is 5.97 Å². The van der Waals surface area contributed by atoms with Gasteiger partial charge in [0, 0.05) is 17.5 Å². The lowest BCUT2D eigenvalue weighted by atomic mass is 10.1. The van der Waals surface area contributed by atoms with Crippen LogP contribution >= 0.6 is 23.2 Å². The number of hydrogen-bond donors (Lipinski definition) is 1. The molecule has 1 rings (SSSR count). The molecule has 6 heteroatoms. The van der Waals surface area contributed by atoms with E-state index in [1.54, 1.807) is 0 Å². The summed E-state index contributed by atoms with van der Waals surface area (Å²) in [5.74, 6) is -0.741.